The summed E-state index contributed by atoms with van der Waals surface area (Å²) in [7, 11) is 0. The van der Waals surface area contributed by atoms with E-state index in [1.807, 2.05) is 18.2 Å². The molecule has 1 aliphatic heterocycles. The molecule has 1 amide bonds. The van der Waals surface area contributed by atoms with Gasteiger partial charge < -0.3 is 15.7 Å². The molecule has 4 heteroatoms. The van der Waals surface area contributed by atoms with Gasteiger partial charge in [0.2, 0.25) is 0 Å². The normalized spacial score (nSPS) is 12.7. The molecule has 0 unspecified atom stereocenters. The Morgan fingerprint density at radius 2 is 2.10 bits per heavy atom. The van der Waals surface area contributed by atoms with E-state index < -0.39 is 0 Å². The lowest BCUT2D eigenvalue weighted by atomic mass is 10.1. The van der Waals surface area contributed by atoms with Crippen LogP contribution in [0.25, 0.3) is 0 Å². The van der Waals surface area contributed by atoms with Crippen LogP contribution in [-0.2, 0) is 6.42 Å². The lowest BCUT2D eigenvalue weighted by Crippen LogP contribution is -2.12. The van der Waals surface area contributed by atoms with Crippen molar-refractivity contribution in [3.8, 4) is 5.75 Å². The van der Waals surface area contributed by atoms with Gasteiger partial charge in [0.1, 0.15) is 5.75 Å². The van der Waals surface area contributed by atoms with Crippen molar-refractivity contribution in [1.82, 2.24) is 0 Å². The molecule has 3 rings (SSSR count). The minimum Gasteiger partial charge on any atom is -0.508 e. The molecule has 0 bridgehead atoms. The number of phenols is 1. The highest BCUT2D eigenvalue weighted by Crippen LogP contribution is 2.24. The standard InChI is InChI=1S/C16H16N2O2/c1-10-8-13(4-5-15(10)19)18-16(20)12-3-2-11-6-7-17-14(11)9-12/h2-5,8-9,17,19H,6-7H2,1H3,(H,18,20). The highest BCUT2D eigenvalue weighted by atomic mass is 16.3. The number of aromatic hydroxyl groups is 1. The van der Waals surface area contributed by atoms with E-state index in [-0.39, 0.29) is 11.7 Å². The predicted octanol–water partition coefficient (Wildman–Crippen LogP) is 2.92. The number of hydrogen-bond donors (Lipinski definition) is 3. The Morgan fingerprint density at radius 1 is 1.25 bits per heavy atom. The van der Waals surface area contributed by atoms with Crippen LogP contribution in [0.4, 0.5) is 11.4 Å². The summed E-state index contributed by atoms with van der Waals surface area (Å²) in [5.41, 5.74) is 4.34. The topological polar surface area (TPSA) is 61.4 Å². The van der Waals surface area contributed by atoms with Crippen molar-refractivity contribution in [2.45, 2.75) is 13.3 Å². The largest absolute Gasteiger partial charge is 0.508 e. The van der Waals surface area contributed by atoms with E-state index in [0.717, 1.165) is 24.2 Å². The molecule has 0 spiro atoms. The second kappa shape index (κ2) is 4.89. The Morgan fingerprint density at radius 3 is 2.90 bits per heavy atom. The highest BCUT2D eigenvalue weighted by Gasteiger charge is 2.13. The number of carbonyl (C=O) groups excluding carboxylic acids is 1. The second-order valence-corrected chi connectivity index (χ2v) is 5.00. The fourth-order valence-electron chi connectivity index (χ4n) is 2.37. The first-order valence-electron chi connectivity index (χ1n) is 6.61. The third kappa shape index (κ3) is 2.32. The molecule has 2 aromatic rings. The second-order valence-electron chi connectivity index (χ2n) is 5.00. The predicted molar refractivity (Wildman–Crippen MR) is 79.4 cm³/mol. The number of rotatable bonds is 2. The summed E-state index contributed by atoms with van der Waals surface area (Å²) in [6.07, 6.45) is 1.01. The first kappa shape index (κ1) is 12.5. The van der Waals surface area contributed by atoms with Gasteiger partial charge in [-0.05, 0) is 54.8 Å². The molecule has 0 aromatic heterocycles. The summed E-state index contributed by atoms with van der Waals surface area (Å²) in [5, 5.41) is 15.6. The lowest BCUT2D eigenvalue weighted by molar-refractivity contribution is 0.102. The van der Waals surface area contributed by atoms with Crippen LogP contribution >= 0.6 is 0 Å². The van der Waals surface area contributed by atoms with E-state index in [0.29, 0.717) is 11.3 Å². The number of hydrogen-bond acceptors (Lipinski definition) is 3. The van der Waals surface area contributed by atoms with Gasteiger partial charge in [-0.3, -0.25) is 4.79 Å². The van der Waals surface area contributed by atoms with Gasteiger partial charge in [0.15, 0.2) is 0 Å². The van der Waals surface area contributed by atoms with Crippen molar-refractivity contribution >= 4 is 17.3 Å². The van der Waals surface area contributed by atoms with Crippen molar-refractivity contribution in [2.24, 2.45) is 0 Å². The van der Waals surface area contributed by atoms with Crippen LogP contribution in [0.15, 0.2) is 36.4 Å². The molecule has 4 nitrogen and oxygen atoms in total. The van der Waals surface area contributed by atoms with Crippen molar-refractivity contribution in [1.29, 1.82) is 0 Å². The average Bonchev–Trinajstić information content (AvgIpc) is 2.90. The fraction of sp³-hybridized carbons (Fsp3) is 0.188. The first-order chi connectivity index (χ1) is 9.63. The highest BCUT2D eigenvalue weighted by molar-refractivity contribution is 6.05. The van der Waals surface area contributed by atoms with Gasteiger partial charge >= 0.3 is 0 Å². The Bertz CT molecular complexity index is 680. The maximum atomic E-state index is 12.2. The van der Waals surface area contributed by atoms with Gasteiger partial charge in [0.05, 0.1) is 0 Å². The minimum absolute atomic E-state index is 0.147. The smallest absolute Gasteiger partial charge is 0.255 e. The minimum atomic E-state index is -0.147. The summed E-state index contributed by atoms with van der Waals surface area (Å²) in [5.74, 6) is 0.0799. The van der Waals surface area contributed by atoms with Gasteiger partial charge in [0.25, 0.3) is 5.91 Å². The maximum absolute atomic E-state index is 12.2. The zero-order valence-electron chi connectivity index (χ0n) is 11.2. The molecule has 0 radical (unpaired) electrons. The number of amides is 1. The van der Waals surface area contributed by atoms with Gasteiger partial charge in [-0.2, -0.15) is 0 Å². The maximum Gasteiger partial charge on any atom is 0.255 e. The van der Waals surface area contributed by atoms with Gasteiger partial charge in [-0.25, -0.2) is 0 Å². The molecule has 0 saturated heterocycles. The molecule has 0 atom stereocenters. The molecule has 1 aliphatic rings. The molecule has 3 N–H and O–H groups in total. The number of anilines is 2. The zero-order chi connectivity index (χ0) is 14.1. The molecular weight excluding hydrogens is 252 g/mol. The zero-order valence-corrected chi connectivity index (χ0v) is 11.2. The number of benzene rings is 2. The molecule has 1 heterocycles. The third-order valence-electron chi connectivity index (χ3n) is 3.54. The van der Waals surface area contributed by atoms with Crippen molar-refractivity contribution < 1.29 is 9.90 Å². The van der Waals surface area contributed by atoms with E-state index in [1.54, 1.807) is 25.1 Å². The molecule has 0 saturated carbocycles. The van der Waals surface area contributed by atoms with Crippen molar-refractivity contribution in [3.05, 3.63) is 53.1 Å². The lowest BCUT2D eigenvalue weighted by Gasteiger charge is -2.08. The van der Waals surface area contributed by atoms with Gasteiger partial charge in [-0.15, -0.1) is 0 Å². The van der Waals surface area contributed by atoms with E-state index in [1.165, 1.54) is 5.56 Å². The van der Waals surface area contributed by atoms with E-state index in [4.69, 9.17) is 0 Å². The number of aryl methyl sites for hydroxylation is 1. The number of fused-ring (bicyclic) bond motifs is 1. The van der Waals surface area contributed by atoms with Crippen LogP contribution in [-0.4, -0.2) is 17.6 Å². The Hall–Kier alpha value is -2.49. The van der Waals surface area contributed by atoms with Crippen molar-refractivity contribution in [3.63, 3.8) is 0 Å². The van der Waals surface area contributed by atoms with E-state index in [2.05, 4.69) is 10.6 Å². The molecule has 0 fully saturated rings. The SMILES string of the molecule is Cc1cc(NC(=O)c2ccc3c(c2)NCC3)ccc1O. The van der Waals surface area contributed by atoms with Crippen LogP contribution < -0.4 is 10.6 Å². The summed E-state index contributed by atoms with van der Waals surface area (Å²) in [4.78, 5) is 12.2. The van der Waals surface area contributed by atoms with E-state index in [9.17, 15) is 9.90 Å². The average molecular weight is 268 g/mol. The molecule has 0 aliphatic carbocycles. The summed E-state index contributed by atoms with van der Waals surface area (Å²) in [6, 6.07) is 10.7. The van der Waals surface area contributed by atoms with Crippen LogP contribution in [0.1, 0.15) is 21.5 Å². The summed E-state index contributed by atoms with van der Waals surface area (Å²) in [6.45, 7) is 2.72. The van der Waals surface area contributed by atoms with Crippen LogP contribution in [0.5, 0.6) is 5.75 Å². The van der Waals surface area contributed by atoms with Crippen LogP contribution in [0.3, 0.4) is 0 Å². The van der Waals surface area contributed by atoms with Crippen LogP contribution in [0, 0.1) is 6.92 Å². The Labute approximate surface area is 117 Å². The molecular formula is C16H16N2O2. The fourth-order valence-corrected chi connectivity index (χ4v) is 2.37. The quantitative estimate of drug-likeness (QED) is 0.734. The van der Waals surface area contributed by atoms with Crippen molar-refractivity contribution in [2.75, 3.05) is 17.2 Å². The monoisotopic (exact) mass is 268 g/mol. The molecule has 2 aromatic carbocycles. The Kier molecular flexibility index (Phi) is 3.06. The summed E-state index contributed by atoms with van der Waals surface area (Å²) >= 11 is 0. The summed E-state index contributed by atoms with van der Waals surface area (Å²) < 4.78 is 0. The number of nitrogens with one attached hydrogen (secondary N) is 2. The molecule has 20 heavy (non-hydrogen) atoms. The number of carbonyl (C=O) groups is 1. The van der Waals surface area contributed by atoms with Crippen LogP contribution in [0.2, 0.25) is 0 Å². The Balaban J connectivity index is 1.80. The van der Waals surface area contributed by atoms with Gasteiger partial charge in [0, 0.05) is 23.5 Å². The van der Waals surface area contributed by atoms with Gasteiger partial charge in [-0.1, -0.05) is 6.07 Å². The molecule has 102 valence electrons. The van der Waals surface area contributed by atoms with E-state index >= 15 is 0 Å². The third-order valence-corrected chi connectivity index (χ3v) is 3.54. The number of phenolic OH excluding ortho intramolecular Hbond substituents is 1. The first-order valence-corrected chi connectivity index (χ1v) is 6.61.